The second kappa shape index (κ2) is 7.43. The van der Waals surface area contributed by atoms with Crippen molar-refractivity contribution in [3.8, 4) is 0 Å². The number of hydrogen-bond acceptors (Lipinski definition) is 1. The van der Waals surface area contributed by atoms with E-state index in [4.69, 9.17) is 0 Å². The lowest BCUT2D eigenvalue weighted by molar-refractivity contribution is 0.747. The Hall–Kier alpha value is 0.160. The molecule has 0 aliphatic heterocycles. The first kappa shape index (κ1) is 16.5. The molecule has 0 spiro atoms. The molecule has 2 aromatic rings. The number of hydrogen-bond donors (Lipinski definition) is 1. The molecule has 1 N–H and O–H groups in total. The van der Waals surface area contributed by atoms with Crippen molar-refractivity contribution < 1.29 is 0 Å². The quantitative estimate of drug-likeness (QED) is 0.441. The molecular formula is C15H13Br4N. The predicted octanol–water partition coefficient (Wildman–Crippen LogP) is 7.30. The third kappa shape index (κ3) is 4.09. The summed E-state index contributed by atoms with van der Waals surface area (Å²) in [5, 5.41) is 3.60. The van der Waals surface area contributed by atoms with Crippen molar-refractivity contribution >= 4 is 69.4 Å². The van der Waals surface area contributed by atoms with Gasteiger partial charge in [0, 0.05) is 17.9 Å². The van der Waals surface area contributed by atoms with E-state index in [0.29, 0.717) is 0 Å². The van der Waals surface area contributed by atoms with Crippen LogP contribution >= 0.6 is 63.7 Å². The lowest BCUT2D eigenvalue weighted by atomic mass is 10.0. The van der Waals surface area contributed by atoms with Gasteiger partial charge < -0.3 is 5.32 Å². The van der Waals surface area contributed by atoms with E-state index in [1.54, 1.807) is 0 Å². The molecule has 0 heterocycles. The molecule has 0 aliphatic rings. The maximum Gasteiger partial charge on any atom is 0.0634 e. The van der Waals surface area contributed by atoms with E-state index in [1.807, 2.05) is 18.2 Å². The first-order chi connectivity index (χ1) is 9.51. The average Bonchev–Trinajstić information content (AvgIpc) is 2.38. The average molecular weight is 527 g/mol. The molecule has 0 radical (unpaired) electrons. The molecule has 2 rings (SSSR count). The van der Waals surface area contributed by atoms with Crippen LogP contribution < -0.4 is 5.32 Å². The van der Waals surface area contributed by atoms with E-state index in [2.05, 4.69) is 94.2 Å². The van der Waals surface area contributed by atoms with Gasteiger partial charge in [0.25, 0.3) is 0 Å². The molecule has 0 saturated heterocycles. The minimum atomic E-state index is 0.265. The number of nitrogens with one attached hydrogen (secondary N) is 1. The van der Waals surface area contributed by atoms with Crippen LogP contribution in [-0.2, 0) is 0 Å². The molecule has 0 bridgehead atoms. The van der Waals surface area contributed by atoms with E-state index in [1.165, 1.54) is 5.56 Å². The molecule has 0 saturated carbocycles. The first-order valence-corrected chi connectivity index (χ1v) is 9.35. The third-order valence-electron chi connectivity index (χ3n) is 2.98. The Morgan fingerprint density at radius 2 is 1.60 bits per heavy atom. The Morgan fingerprint density at radius 3 is 2.15 bits per heavy atom. The van der Waals surface area contributed by atoms with Crippen LogP contribution in [0.15, 0.2) is 54.3 Å². The molecule has 1 nitrogen and oxygen atoms in total. The van der Waals surface area contributed by atoms with Gasteiger partial charge in [-0.3, -0.25) is 0 Å². The summed E-state index contributed by atoms with van der Waals surface area (Å²) in [5.41, 5.74) is 2.34. The highest BCUT2D eigenvalue weighted by Crippen LogP contribution is 2.37. The van der Waals surface area contributed by atoms with Gasteiger partial charge in [0.15, 0.2) is 0 Å². The molecular weight excluding hydrogens is 514 g/mol. The van der Waals surface area contributed by atoms with E-state index >= 15 is 0 Å². The van der Waals surface area contributed by atoms with Crippen LogP contribution in [-0.4, -0.2) is 0 Å². The van der Waals surface area contributed by atoms with Crippen LogP contribution in [0.5, 0.6) is 0 Å². The van der Waals surface area contributed by atoms with Gasteiger partial charge in [-0.25, -0.2) is 0 Å². The second-order valence-electron chi connectivity index (χ2n) is 4.40. The van der Waals surface area contributed by atoms with Crippen LogP contribution in [0.3, 0.4) is 0 Å². The Labute approximate surface area is 153 Å². The van der Waals surface area contributed by atoms with Crippen molar-refractivity contribution in [1.29, 1.82) is 0 Å². The molecule has 0 amide bonds. The van der Waals surface area contributed by atoms with Gasteiger partial charge in [-0.05, 0) is 68.1 Å². The summed E-state index contributed by atoms with van der Waals surface area (Å²) in [5.74, 6) is 0. The Kier molecular flexibility index (Phi) is 6.14. The van der Waals surface area contributed by atoms with Gasteiger partial charge in [-0.2, -0.15) is 0 Å². The maximum atomic E-state index is 3.61. The topological polar surface area (TPSA) is 12.0 Å². The third-order valence-corrected chi connectivity index (χ3v) is 5.19. The number of rotatable bonds is 4. The minimum Gasteiger partial charge on any atom is -0.376 e. The fraction of sp³-hybridized carbons (Fsp3) is 0.200. The van der Waals surface area contributed by atoms with Crippen molar-refractivity contribution in [3.05, 3.63) is 59.9 Å². The standard InChI is InChI=1S/C15H13Br4N/c1-2-14(9-4-3-5-10(16)6-9)20-15-12(18)7-11(17)8-13(15)19/h3-8,14,20H,2H2,1H3. The Bertz CT molecular complexity index is 590. The summed E-state index contributed by atoms with van der Waals surface area (Å²) in [6.45, 7) is 2.18. The lowest BCUT2D eigenvalue weighted by Gasteiger charge is -2.21. The van der Waals surface area contributed by atoms with Gasteiger partial charge in [-0.15, -0.1) is 0 Å². The van der Waals surface area contributed by atoms with Gasteiger partial charge >= 0.3 is 0 Å². The lowest BCUT2D eigenvalue weighted by Crippen LogP contribution is -2.10. The smallest absolute Gasteiger partial charge is 0.0634 e. The molecule has 0 aliphatic carbocycles. The summed E-state index contributed by atoms with van der Waals surface area (Å²) in [6.07, 6.45) is 1.01. The molecule has 0 fully saturated rings. The molecule has 5 heteroatoms. The zero-order valence-electron chi connectivity index (χ0n) is 10.8. The van der Waals surface area contributed by atoms with Gasteiger partial charge in [0.2, 0.25) is 0 Å². The minimum absolute atomic E-state index is 0.265. The zero-order chi connectivity index (χ0) is 14.7. The summed E-state index contributed by atoms with van der Waals surface area (Å²) in [7, 11) is 0. The largest absolute Gasteiger partial charge is 0.376 e. The van der Waals surface area contributed by atoms with E-state index in [9.17, 15) is 0 Å². The van der Waals surface area contributed by atoms with Crippen LogP contribution in [0.1, 0.15) is 24.9 Å². The first-order valence-electron chi connectivity index (χ1n) is 6.17. The number of anilines is 1. The van der Waals surface area contributed by atoms with Gasteiger partial charge in [0.05, 0.1) is 11.7 Å². The number of halogens is 4. The van der Waals surface area contributed by atoms with Gasteiger partial charge in [0.1, 0.15) is 0 Å². The highest BCUT2D eigenvalue weighted by molar-refractivity contribution is 9.11. The summed E-state index contributed by atoms with van der Waals surface area (Å²) in [6, 6.07) is 12.8. The Balaban J connectivity index is 2.32. The highest BCUT2D eigenvalue weighted by Gasteiger charge is 2.14. The van der Waals surface area contributed by atoms with Crippen molar-refractivity contribution in [2.75, 3.05) is 5.32 Å². The van der Waals surface area contributed by atoms with Crippen molar-refractivity contribution in [2.45, 2.75) is 19.4 Å². The summed E-state index contributed by atoms with van der Waals surface area (Å²) < 4.78 is 4.21. The van der Waals surface area contributed by atoms with Crippen LogP contribution in [0.4, 0.5) is 5.69 Å². The fourth-order valence-corrected chi connectivity index (χ4v) is 4.90. The zero-order valence-corrected chi connectivity index (χ0v) is 17.1. The van der Waals surface area contributed by atoms with Crippen molar-refractivity contribution in [2.24, 2.45) is 0 Å². The van der Waals surface area contributed by atoms with E-state index < -0.39 is 0 Å². The highest BCUT2D eigenvalue weighted by atomic mass is 79.9. The van der Waals surface area contributed by atoms with Crippen LogP contribution in [0.25, 0.3) is 0 Å². The molecule has 106 valence electrons. The molecule has 2 aromatic carbocycles. The Morgan fingerprint density at radius 1 is 0.950 bits per heavy atom. The van der Waals surface area contributed by atoms with Crippen LogP contribution in [0.2, 0.25) is 0 Å². The molecule has 1 atom stereocenters. The predicted molar refractivity (Wildman–Crippen MR) is 100 cm³/mol. The molecule has 20 heavy (non-hydrogen) atoms. The van der Waals surface area contributed by atoms with Crippen molar-refractivity contribution in [1.82, 2.24) is 0 Å². The van der Waals surface area contributed by atoms with E-state index in [0.717, 1.165) is 30.0 Å². The summed E-state index contributed by atoms with van der Waals surface area (Å²) >= 11 is 14.2. The van der Waals surface area contributed by atoms with Crippen molar-refractivity contribution in [3.63, 3.8) is 0 Å². The van der Waals surface area contributed by atoms with E-state index in [-0.39, 0.29) is 6.04 Å². The SMILES string of the molecule is CCC(Nc1c(Br)cc(Br)cc1Br)c1cccc(Br)c1. The number of benzene rings is 2. The van der Waals surface area contributed by atoms with Crippen LogP contribution in [0, 0.1) is 0 Å². The molecule has 1 unspecified atom stereocenters. The monoisotopic (exact) mass is 523 g/mol. The fourth-order valence-electron chi connectivity index (χ4n) is 2.00. The summed E-state index contributed by atoms with van der Waals surface area (Å²) in [4.78, 5) is 0. The van der Waals surface area contributed by atoms with Gasteiger partial charge in [-0.1, -0.05) is 50.9 Å². The maximum absolute atomic E-state index is 3.61. The normalized spacial score (nSPS) is 12.2. The second-order valence-corrected chi connectivity index (χ2v) is 7.94. The molecule has 0 aromatic heterocycles.